The first-order chi connectivity index (χ1) is 8.66. The molecule has 1 nitrogen and oxygen atoms in total. The summed E-state index contributed by atoms with van der Waals surface area (Å²) in [6.07, 6.45) is 8.94. The van der Waals surface area contributed by atoms with Crippen LogP contribution < -0.4 is 5.32 Å². The Balaban J connectivity index is 2.05. The quantitative estimate of drug-likeness (QED) is 0.767. The molecule has 0 unspecified atom stereocenters. The summed E-state index contributed by atoms with van der Waals surface area (Å²) in [7, 11) is 0. The van der Waals surface area contributed by atoms with Crippen molar-refractivity contribution >= 4 is 17.3 Å². The minimum atomic E-state index is -0.233. The number of hydrogen-bond donors (Lipinski definition) is 1. The summed E-state index contributed by atoms with van der Waals surface area (Å²) < 4.78 is 13.3. The van der Waals surface area contributed by atoms with Crippen LogP contribution in [0.2, 0.25) is 5.02 Å². The van der Waals surface area contributed by atoms with Crippen molar-refractivity contribution in [2.24, 2.45) is 0 Å². The van der Waals surface area contributed by atoms with Gasteiger partial charge < -0.3 is 5.32 Å². The Hall–Kier alpha value is -0.760. The van der Waals surface area contributed by atoms with Crippen molar-refractivity contribution in [2.45, 2.75) is 57.9 Å². The Bertz CT molecular complexity index is 398. The zero-order valence-electron chi connectivity index (χ0n) is 10.9. The number of nitrogens with one attached hydrogen (secondary N) is 1. The summed E-state index contributed by atoms with van der Waals surface area (Å²) in [6, 6.07) is 3.70. The predicted octanol–water partition coefficient (Wildman–Crippen LogP) is 5.31. The van der Waals surface area contributed by atoms with Gasteiger partial charge in [-0.15, -0.1) is 0 Å². The van der Waals surface area contributed by atoms with Crippen molar-refractivity contribution in [2.75, 3.05) is 5.32 Å². The number of halogens is 2. The standard InChI is InChI=1S/C15H21ClFN/c1-11-9-15(13(16)10-14(11)17)18-12-7-5-3-2-4-6-8-12/h9-10,12,18H,2-8H2,1H3. The molecule has 0 atom stereocenters. The van der Waals surface area contributed by atoms with Gasteiger partial charge in [-0.25, -0.2) is 4.39 Å². The number of rotatable bonds is 2. The van der Waals surface area contributed by atoms with Crippen LogP contribution in [0.25, 0.3) is 0 Å². The Kier molecular flexibility index (Phi) is 4.87. The van der Waals surface area contributed by atoms with Crippen LogP contribution in [0.5, 0.6) is 0 Å². The third-order valence-electron chi connectivity index (χ3n) is 3.71. The van der Waals surface area contributed by atoms with E-state index in [1.54, 1.807) is 6.92 Å². The monoisotopic (exact) mass is 269 g/mol. The average molecular weight is 270 g/mol. The third-order valence-corrected chi connectivity index (χ3v) is 4.03. The summed E-state index contributed by atoms with van der Waals surface area (Å²) in [5, 5.41) is 3.97. The van der Waals surface area contributed by atoms with Gasteiger partial charge in [0.15, 0.2) is 0 Å². The van der Waals surface area contributed by atoms with Crippen molar-refractivity contribution in [3.8, 4) is 0 Å². The molecule has 1 saturated carbocycles. The fourth-order valence-electron chi connectivity index (χ4n) is 2.59. The predicted molar refractivity (Wildman–Crippen MR) is 75.9 cm³/mol. The van der Waals surface area contributed by atoms with Crippen LogP contribution in [0.1, 0.15) is 50.5 Å². The summed E-state index contributed by atoms with van der Waals surface area (Å²) in [5.74, 6) is -0.233. The molecule has 0 saturated heterocycles. The van der Waals surface area contributed by atoms with Crippen LogP contribution in [-0.2, 0) is 0 Å². The molecule has 1 aromatic rings. The number of hydrogen-bond acceptors (Lipinski definition) is 1. The highest BCUT2D eigenvalue weighted by Gasteiger charge is 2.13. The molecule has 1 aromatic carbocycles. The normalized spacial score (nSPS) is 18.2. The lowest BCUT2D eigenvalue weighted by Gasteiger charge is -2.23. The summed E-state index contributed by atoms with van der Waals surface area (Å²) in [4.78, 5) is 0. The van der Waals surface area contributed by atoms with E-state index < -0.39 is 0 Å². The molecule has 18 heavy (non-hydrogen) atoms. The van der Waals surface area contributed by atoms with Crippen LogP contribution in [0.15, 0.2) is 12.1 Å². The Morgan fingerprint density at radius 3 is 2.39 bits per heavy atom. The molecule has 2 rings (SSSR count). The Morgan fingerprint density at radius 2 is 1.72 bits per heavy atom. The first kappa shape index (κ1) is 13.7. The smallest absolute Gasteiger partial charge is 0.127 e. The highest BCUT2D eigenvalue weighted by molar-refractivity contribution is 6.33. The van der Waals surface area contributed by atoms with Crippen molar-refractivity contribution in [3.05, 3.63) is 28.5 Å². The maximum atomic E-state index is 13.3. The molecule has 1 fully saturated rings. The van der Waals surface area contributed by atoms with Crippen LogP contribution in [-0.4, -0.2) is 6.04 Å². The second-order valence-corrected chi connectivity index (χ2v) is 5.67. The van der Waals surface area contributed by atoms with Crippen LogP contribution >= 0.6 is 11.6 Å². The highest BCUT2D eigenvalue weighted by Crippen LogP contribution is 2.28. The van der Waals surface area contributed by atoms with E-state index in [-0.39, 0.29) is 5.82 Å². The van der Waals surface area contributed by atoms with E-state index in [1.807, 2.05) is 6.07 Å². The largest absolute Gasteiger partial charge is 0.381 e. The number of anilines is 1. The maximum absolute atomic E-state index is 13.3. The molecule has 1 N–H and O–H groups in total. The fourth-order valence-corrected chi connectivity index (χ4v) is 2.79. The molecule has 0 heterocycles. The van der Waals surface area contributed by atoms with Gasteiger partial charge in [0.05, 0.1) is 10.7 Å². The first-order valence-corrected chi connectivity index (χ1v) is 7.27. The molecule has 3 heteroatoms. The molecule has 100 valence electrons. The summed E-state index contributed by atoms with van der Waals surface area (Å²) >= 11 is 6.09. The van der Waals surface area contributed by atoms with Gasteiger partial charge in [0.2, 0.25) is 0 Å². The van der Waals surface area contributed by atoms with Gasteiger partial charge in [-0.2, -0.15) is 0 Å². The number of benzene rings is 1. The van der Waals surface area contributed by atoms with Crippen LogP contribution in [0.3, 0.4) is 0 Å². The lowest BCUT2D eigenvalue weighted by molar-refractivity contribution is 0.471. The van der Waals surface area contributed by atoms with E-state index in [2.05, 4.69) is 5.32 Å². The molecule has 0 bridgehead atoms. The topological polar surface area (TPSA) is 12.0 Å². The zero-order valence-corrected chi connectivity index (χ0v) is 11.7. The maximum Gasteiger partial charge on any atom is 0.127 e. The molecule has 1 aliphatic rings. The van der Waals surface area contributed by atoms with Gasteiger partial charge in [0.25, 0.3) is 0 Å². The molecule has 0 aliphatic heterocycles. The Morgan fingerprint density at radius 1 is 1.11 bits per heavy atom. The van der Waals surface area contributed by atoms with Gasteiger partial charge in [-0.3, -0.25) is 0 Å². The molecule has 1 aliphatic carbocycles. The van der Waals surface area contributed by atoms with E-state index in [0.717, 1.165) is 5.69 Å². The molecule has 0 aromatic heterocycles. The SMILES string of the molecule is Cc1cc(NC2CCCCCCC2)c(Cl)cc1F. The fraction of sp³-hybridized carbons (Fsp3) is 0.600. The molecular weight excluding hydrogens is 249 g/mol. The third kappa shape index (κ3) is 3.61. The van der Waals surface area contributed by atoms with Gasteiger partial charge in [-0.05, 0) is 37.5 Å². The highest BCUT2D eigenvalue weighted by atomic mass is 35.5. The van der Waals surface area contributed by atoms with Crippen LogP contribution in [0.4, 0.5) is 10.1 Å². The van der Waals surface area contributed by atoms with Crippen molar-refractivity contribution in [1.82, 2.24) is 0 Å². The van der Waals surface area contributed by atoms with Crippen molar-refractivity contribution < 1.29 is 4.39 Å². The van der Waals surface area contributed by atoms with Gasteiger partial charge in [0, 0.05) is 6.04 Å². The first-order valence-electron chi connectivity index (χ1n) is 6.89. The Labute approximate surface area is 114 Å². The summed E-state index contributed by atoms with van der Waals surface area (Å²) in [6.45, 7) is 1.77. The van der Waals surface area contributed by atoms with Gasteiger partial charge in [-0.1, -0.05) is 43.7 Å². The molecular formula is C15H21ClFN. The molecule has 0 radical (unpaired) electrons. The summed E-state index contributed by atoms with van der Waals surface area (Å²) in [5.41, 5.74) is 1.52. The minimum absolute atomic E-state index is 0.233. The average Bonchev–Trinajstić information content (AvgIpc) is 2.29. The zero-order chi connectivity index (χ0) is 13.0. The van der Waals surface area contributed by atoms with E-state index in [9.17, 15) is 4.39 Å². The van der Waals surface area contributed by atoms with Crippen molar-refractivity contribution in [3.63, 3.8) is 0 Å². The van der Waals surface area contributed by atoms with Crippen molar-refractivity contribution in [1.29, 1.82) is 0 Å². The van der Waals surface area contributed by atoms with Crippen LogP contribution in [0, 0.1) is 12.7 Å². The van der Waals surface area contributed by atoms with Gasteiger partial charge in [0.1, 0.15) is 5.82 Å². The number of aryl methyl sites for hydroxylation is 1. The van der Waals surface area contributed by atoms with E-state index in [1.165, 1.54) is 51.0 Å². The van der Waals surface area contributed by atoms with E-state index in [4.69, 9.17) is 11.6 Å². The minimum Gasteiger partial charge on any atom is -0.381 e. The second-order valence-electron chi connectivity index (χ2n) is 5.27. The van der Waals surface area contributed by atoms with E-state index >= 15 is 0 Å². The van der Waals surface area contributed by atoms with Gasteiger partial charge >= 0.3 is 0 Å². The van der Waals surface area contributed by atoms with E-state index in [0.29, 0.717) is 16.6 Å². The molecule has 0 amide bonds. The second kappa shape index (κ2) is 6.42. The molecule has 0 spiro atoms. The lowest BCUT2D eigenvalue weighted by Crippen LogP contribution is -2.20. The lowest BCUT2D eigenvalue weighted by atomic mass is 9.96.